The maximum absolute atomic E-state index is 12.9. The van der Waals surface area contributed by atoms with Crippen LogP contribution in [-0.4, -0.2) is 45.5 Å². The van der Waals surface area contributed by atoms with E-state index in [2.05, 4.69) is 9.88 Å². The van der Waals surface area contributed by atoms with Crippen LogP contribution in [0.1, 0.15) is 44.2 Å². The van der Waals surface area contributed by atoms with Crippen LogP contribution in [0, 0.1) is 0 Å². The van der Waals surface area contributed by atoms with Gasteiger partial charge in [0.2, 0.25) is 5.91 Å². The molecule has 0 radical (unpaired) electrons. The zero-order chi connectivity index (χ0) is 15.6. The van der Waals surface area contributed by atoms with Gasteiger partial charge in [-0.15, -0.1) is 11.3 Å². The van der Waals surface area contributed by atoms with Gasteiger partial charge in [-0.2, -0.15) is 0 Å². The first-order valence-electron chi connectivity index (χ1n) is 8.62. The van der Waals surface area contributed by atoms with Gasteiger partial charge in [0.05, 0.1) is 18.2 Å². The van der Waals surface area contributed by atoms with Crippen molar-refractivity contribution in [3.05, 3.63) is 23.5 Å². The minimum absolute atomic E-state index is 0.207. The molecule has 0 spiro atoms. The lowest BCUT2D eigenvalue weighted by Crippen LogP contribution is -2.44. The van der Waals surface area contributed by atoms with Crippen LogP contribution < -0.4 is 0 Å². The minimum Gasteiger partial charge on any atom is -0.376 e. The molecular formula is C17H23N3O2S. The topological polar surface area (TPSA) is 46.8 Å². The Labute approximate surface area is 140 Å². The molecule has 2 aliphatic rings. The highest BCUT2D eigenvalue weighted by molar-refractivity contribution is 7.15. The van der Waals surface area contributed by atoms with Crippen LogP contribution >= 0.6 is 11.3 Å². The summed E-state index contributed by atoms with van der Waals surface area (Å²) in [6.07, 6.45) is 11.5. The fourth-order valence-corrected chi connectivity index (χ4v) is 4.51. The quantitative estimate of drug-likeness (QED) is 0.845. The molecule has 4 rings (SSSR count). The molecule has 3 heterocycles. The monoisotopic (exact) mass is 333 g/mol. The van der Waals surface area contributed by atoms with E-state index in [4.69, 9.17) is 4.74 Å². The van der Waals surface area contributed by atoms with E-state index in [0.29, 0.717) is 12.5 Å². The average molecular weight is 333 g/mol. The van der Waals surface area contributed by atoms with Gasteiger partial charge in [0, 0.05) is 37.0 Å². The molecule has 6 heteroatoms. The van der Waals surface area contributed by atoms with Crippen molar-refractivity contribution in [3.8, 4) is 0 Å². The predicted molar refractivity (Wildman–Crippen MR) is 89.7 cm³/mol. The van der Waals surface area contributed by atoms with E-state index >= 15 is 0 Å². The Morgan fingerprint density at radius 2 is 2.22 bits per heavy atom. The first kappa shape index (κ1) is 15.1. The fourth-order valence-electron chi connectivity index (χ4n) is 3.80. The number of amides is 1. The van der Waals surface area contributed by atoms with E-state index in [1.165, 1.54) is 12.8 Å². The smallest absolute Gasteiger partial charge is 0.228 e. The normalized spacial score (nSPS) is 22.2. The lowest BCUT2D eigenvalue weighted by Gasteiger charge is -2.31. The highest BCUT2D eigenvalue weighted by atomic mass is 32.1. The summed E-state index contributed by atoms with van der Waals surface area (Å²) in [6, 6.07) is 0.399. The van der Waals surface area contributed by atoms with Crippen LogP contribution in [0.2, 0.25) is 0 Å². The molecule has 0 N–H and O–H groups in total. The Kier molecular flexibility index (Phi) is 4.35. The predicted octanol–water partition coefficient (Wildman–Crippen LogP) is 2.89. The van der Waals surface area contributed by atoms with Gasteiger partial charge in [-0.25, -0.2) is 4.98 Å². The molecule has 1 aliphatic carbocycles. The lowest BCUT2D eigenvalue weighted by molar-refractivity contribution is -0.134. The minimum atomic E-state index is 0.207. The van der Waals surface area contributed by atoms with Gasteiger partial charge in [-0.05, 0) is 25.7 Å². The van der Waals surface area contributed by atoms with Crippen LogP contribution in [0.4, 0.5) is 0 Å². The second kappa shape index (κ2) is 6.61. The fraction of sp³-hybridized carbons (Fsp3) is 0.647. The number of thiazole rings is 1. The molecule has 1 amide bonds. The molecule has 0 bridgehead atoms. The third-order valence-electron chi connectivity index (χ3n) is 4.99. The van der Waals surface area contributed by atoms with E-state index in [1.54, 1.807) is 11.3 Å². The van der Waals surface area contributed by atoms with Gasteiger partial charge in [0.25, 0.3) is 0 Å². The van der Waals surface area contributed by atoms with Crippen molar-refractivity contribution in [3.63, 3.8) is 0 Å². The first-order valence-corrected chi connectivity index (χ1v) is 9.50. The van der Waals surface area contributed by atoms with Crippen LogP contribution in [0.3, 0.4) is 0 Å². The Morgan fingerprint density at radius 1 is 1.35 bits per heavy atom. The average Bonchev–Trinajstić information content (AvgIpc) is 3.28. The number of hydrogen-bond acceptors (Lipinski definition) is 4. The molecule has 5 nitrogen and oxygen atoms in total. The number of ether oxygens (including phenoxy) is 1. The number of imidazole rings is 1. The van der Waals surface area contributed by atoms with E-state index in [-0.39, 0.29) is 12.0 Å². The SMILES string of the molecule is O=C(Cc1cn2ccsc2n1)N(C[C@H]1CCCO1)C1CCCC1. The molecule has 1 aliphatic heterocycles. The molecule has 2 fully saturated rings. The van der Waals surface area contributed by atoms with Crippen molar-refractivity contribution in [2.75, 3.05) is 13.2 Å². The van der Waals surface area contributed by atoms with Crippen molar-refractivity contribution in [2.45, 2.75) is 57.1 Å². The van der Waals surface area contributed by atoms with Gasteiger partial charge < -0.3 is 9.64 Å². The molecule has 0 aromatic carbocycles. The van der Waals surface area contributed by atoms with Gasteiger partial charge in [0.15, 0.2) is 4.96 Å². The van der Waals surface area contributed by atoms with Crippen LogP contribution in [0.25, 0.3) is 4.96 Å². The molecule has 0 unspecified atom stereocenters. The van der Waals surface area contributed by atoms with Crippen LogP contribution in [-0.2, 0) is 16.0 Å². The van der Waals surface area contributed by atoms with Gasteiger partial charge >= 0.3 is 0 Å². The van der Waals surface area contributed by atoms with Crippen molar-refractivity contribution >= 4 is 22.2 Å². The third-order valence-corrected chi connectivity index (χ3v) is 5.76. The first-order chi connectivity index (χ1) is 11.3. The Balaban J connectivity index is 1.47. The summed E-state index contributed by atoms with van der Waals surface area (Å²) >= 11 is 1.60. The maximum atomic E-state index is 12.9. The van der Waals surface area contributed by atoms with Crippen LogP contribution in [0.15, 0.2) is 17.8 Å². The summed E-state index contributed by atoms with van der Waals surface area (Å²) in [5.41, 5.74) is 0.872. The second-order valence-electron chi connectivity index (χ2n) is 6.62. The van der Waals surface area contributed by atoms with E-state index in [0.717, 1.165) is 49.5 Å². The summed E-state index contributed by atoms with van der Waals surface area (Å²) in [5.74, 6) is 0.207. The number of aromatic nitrogens is 2. The summed E-state index contributed by atoms with van der Waals surface area (Å²) in [5, 5.41) is 2.01. The standard InChI is InChI=1S/C17H23N3O2S/c21-16(10-13-11-19-7-9-23-17(19)18-13)20(14-4-1-2-5-14)12-15-6-3-8-22-15/h7,9,11,14-15H,1-6,8,10,12H2/t15-/m1/s1. The lowest BCUT2D eigenvalue weighted by atomic mass is 10.1. The van der Waals surface area contributed by atoms with Crippen molar-refractivity contribution in [1.82, 2.24) is 14.3 Å². The van der Waals surface area contributed by atoms with Gasteiger partial charge in [0.1, 0.15) is 0 Å². The summed E-state index contributed by atoms with van der Waals surface area (Å²) in [6.45, 7) is 1.60. The number of rotatable bonds is 5. The molecular weight excluding hydrogens is 310 g/mol. The number of nitrogens with zero attached hydrogens (tertiary/aromatic N) is 3. The number of fused-ring (bicyclic) bond motifs is 1. The number of carbonyl (C=O) groups is 1. The second-order valence-corrected chi connectivity index (χ2v) is 7.49. The van der Waals surface area contributed by atoms with Crippen molar-refractivity contribution in [2.24, 2.45) is 0 Å². The maximum Gasteiger partial charge on any atom is 0.228 e. The number of hydrogen-bond donors (Lipinski definition) is 0. The molecule has 1 atom stereocenters. The van der Waals surface area contributed by atoms with Gasteiger partial charge in [-0.3, -0.25) is 9.20 Å². The van der Waals surface area contributed by atoms with Crippen molar-refractivity contribution < 1.29 is 9.53 Å². The highest BCUT2D eigenvalue weighted by Crippen LogP contribution is 2.26. The molecule has 124 valence electrons. The van der Waals surface area contributed by atoms with Crippen LogP contribution in [0.5, 0.6) is 0 Å². The Hall–Kier alpha value is -1.40. The summed E-state index contributed by atoms with van der Waals surface area (Å²) in [7, 11) is 0. The summed E-state index contributed by atoms with van der Waals surface area (Å²) in [4.78, 5) is 20.5. The van der Waals surface area contributed by atoms with E-state index in [1.807, 2.05) is 22.2 Å². The number of carbonyl (C=O) groups excluding carboxylic acids is 1. The van der Waals surface area contributed by atoms with E-state index in [9.17, 15) is 4.79 Å². The zero-order valence-corrected chi connectivity index (χ0v) is 14.1. The van der Waals surface area contributed by atoms with Gasteiger partial charge in [-0.1, -0.05) is 12.8 Å². The third kappa shape index (κ3) is 3.28. The Bertz CT molecular complexity index is 640. The largest absolute Gasteiger partial charge is 0.376 e. The highest BCUT2D eigenvalue weighted by Gasteiger charge is 2.30. The molecule has 23 heavy (non-hydrogen) atoms. The zero-order valence-electron chi connectivity index (χ0n) is 13.3. The summed E-state index contributed by atoms with van der Waals surface area (Å²) < 4.78 is 7.76. The molecule has 1 saturated heterocycles. The Morgan fingerprint density at radius 3 is 2.96 bits per heavy atom. The van der Waals surface area contributed by atoms with Crippen molar-refractivity contribution in [1.29, 1.82) is 0 Å². The molecule has 1 saturated carbocycles. The molecule has 2 aromatic rings. The van der Waals surface area contributed by atoms with E-state index < -0.39 is 0 Å². The molecule has 2 aromatic heterocycles.